The van der Waals surface area contributed by atoms with E-state index in [2.05, 4.69) is 0 Å². The molecule has 0 aliphatic heterocycles. The standard InChI is InChI=1S/C15H22O3/c1-12-6-8-13(9-7-12)18-11-5-10-15(2,3)14(16)17-4/h6-9H,5,10-11H2,1-4H3. The fourth-order valence-corrected chi connectivity index (χ4v) is 1.72. The predicted octanol–water partition coefficient (Wildman–Crippen LogP) is 3.35. The maximum Gasteiger partial charge on any atom is 0.311 e. The number of hydrogen-bond acceptors (Lipinski definition) is 3. The predicted molar refractivity (Wildman–Crippen MR) is 71.7 cm³/mol. The Bertz CT molecular complexity index is 379. The number of rotatable bonds is 6. The van der Waals surface area contributed by atoms with Gasteiger partial charge in [-0.15, -0.1) is 0 Å². The molecule has 0 aromatic heterocycles. The van der Waals surface area contributed by atoms with Gasteiger partial charge in [-0.3, -0.25) is 4.79 Å². The number of ether oxygens (including phenoxy) is 2. The molecule has 1 aromatic carbocycles. The minimum absolute atomic E-state index is 0.169. The summed E-state index contributed by atoms with van der Waals surface area (Å²) < 4.78 is 10.4. The molecule has 0 saturated heterocycles. The van der Waals surface area contributed by atoms with E-state index in [-0.39, 0.29) is 5.97 Å². The van der Waals surface area contributed by atoms with Crippen LogP contribution in [0.2, 0.25) is 0 Å². The maximum atomic E-state index is 11.5. The highest BCUT2D eigenvalue weighted by molar-refractivity contribution is 5.75. The largest absolute Gasteiger partial charge is 0.494 e. The van der Waals surface area contributed by atoms with Crippen molar-refractivity contribution in [2.45, 2.75) is 33.6 Å². The molecule has 3 heteroatoms. The zero-order valence-electron chi connectivity index (χ0n) is 11.7. The van der Waals surface area contributed by atoms with Gasteiger partial charge in [0.2, 0.25) is 0 Å². The molecule has 0 saturated carbocycles. The SMILES string of the molecule is COC(=O)C(C)(C)CCCOc1ccc(C)cc1. The highest BCUT2D eigenvalue weighted by Crippen LogP contribution is 2.24. The van der Waals surface area contributed by atoms with E-state index in [4.69, 9.17) is 9.47 Å². The number of carbonyl (C=O) groups excluding carboxylic acids is 1. The van der Waals surface area contributed by atoms with Crippen molar-refractivity contribution in [1.29, 1.82) is 0 Å². The molecule has 0 aliphatic carbocycles. The molecule has 0 bridgehead atoms. The number of benzene rings is 1. The third-order valence-electron chi connectivity index (χ3n) is 2.97. The lowest BCUT2D eigenvalue weighted by Gasteiger charge is -2.21. The van der Waals surface area contributed by atoms with Crippen LogP contribution in [-0.4, -0.2) is 19.7 Å². The normalized spacial score (nSPS) is 11.1. The summed E-state index contributed by atoms with van der Waals surface area (Å²) in [6.07, 6.45) is 1.58. The Balaban J connectivity index is 2.30. The fraction of sp³-hybridized carbons (Fsp3) is 0.533. The molecule has 0 fully saturated rings. The highest BCUT2D eigenvalue weighted by Gasteiger charge is 2.27. The number of esters is 1. The average molecular weight is 250 g/mol. The summed E-state index contributed by atoms with van der Waals surface area (Å²) in [5.41, 5.74) is 0.778. The molecular formula is C15H22O3. The molecule has 0 atom stereocenters. The number of aryl methyl sites for hydroxylation is 1. The topological polar surface area (TPSA) is 35.5 Å². The van der Waals surface area contributed by atoms with Crippen molar-refractivity contribution in [2.24, 2.45) is 5.41 Å². The Morgan fingerprint density at radius 2 is 1.83 bits per heavy atom. The van der Waals surface area contributed by atoms with Gasteiger partial charge in [-0.05, 0) is 45.7 Å². The van der Waals surface area contributed by atoms with Crippen LogP contribution in [0.4, 0.5) is 0 Å². The molecule has 1 aromatic rings. The van der Waals surface area contributed by atoms with E-state index < -0.39 is 5.41 Å². The van der Waals surface area contributed by atoms with Crippen molar-refractivity contribution < 1.29 is 14.3 Å². The molecule has 0 N–H and O–H groups in total. The van der Waals surface area contributed by atoms with Gasteiger partial charge in [0.15, 0.2) is 0 Å². The van der Waals surface area contributed by atoms with Crippen LogP contribution in [0.25, 0.3) is 0 Å². The quantitative estimate of drug-likeness (QED) is 0.573. The summed E-state index contributed by atoms with van der Waals surface area (Å²) in [7, 11) is 1.42. The summed E-state index contributed by atoms with van der Waals surface area (Å²) in [5, 5.41) is 0. The summed E-state index contributed by atoms with van der Waals surface area (Å²) in [6, 6.07) is 7.96. The first kappa shape index (κ1) is 14.6. The fourth-order valence-electron chi connectivity index (χ4n) is 1.72. The molecule has 1 rings (SSSR count). The number of methoxy groups -OCH3 is 1. The zero-order valence-corrected chi connectivity index (χ0v) is 11.7. The molecule has 0 unspecified atom stereocenters. The molecule has 0 spiro atoms. The van der Waals surface area contributed by atoms with Crippen LogP contribution in [0.5, 0.6) is 5.75 Å². The van der Waals surface area contributed by atoms with Crippen molar-refractivity contribution in [3.8, 4) is 5.75 Å². The number of carbonyl (C=O) groups is 1. The lowest BCUT2D eigenvalue weighted by atomic mass is 9.88. The molecule has 100 valence electrons. The van der Waals surface area contributed by atoms with Gasteiger partial charge in [0.25, 0.3) is 0 Å². The van der Waals surface area contributed by atoms with E-state index in [0.717, 1.165) is 18.6 Å². The van der Waals surface area contributed by atoms with Crippen molar-refractivity contribution >= 4 is 5.97 Å². The van der Waals surface area contributed by atoms with Gasteiger partial charge < -0.3 is 9.47 Å². The minimum Gasteiger partial charge on any atom is -0.494 e. The van der Waals surface area contributed by atoms with E-state index in [1.807, 2.05) is 45.0 Å². The second kappa shape index (κ2) is 6.43. The molecule has 0 radical (unpaired) electrons. The third-order valence-corrected chi connectivity index (χ3v) is 2.97. The maximum absolute atomic E-state index is 11.5. The monoisotopic (exact) mass is 250 g/mol. The van der Waals surface area contributed by atoms with Gasteiger partial charge in [-0.1, -0.05) is 17.7 Å². The Kier molecular flexibility index (Phi) is 5.20. The van der Waals surface area contributed by atoms with E-state index in [1.54, 1.807) is 0 Å². The smallest absolute Gasteiger partial charge is 0.311 e. The van der Waals surface area contributed by atoms with Crippen LogP contribution >= 0.6 is 0 Å². The van der Waals surface area contributed by atoms with E-state index >= 15 is 0 Å². The van der Waals surface area contributed by atoms with Crippen LogP contribution in [0.15, 0.2) is 24.3 Å². The van der Waals surface area contributed by atoms with Gasteiger partial charge >= 0.3 is 5.97 Å². The van der Waals surface area contributed by atoms with E-state index in [1.165, 1.54) is 12.7 Å². The third kappa shape index (κ3) is 4.40. The first-order valence-electron chi connectivity index (χ1n) is 6.23. The summed E-state index contributed by atoms with van der Waals surface area (Å²) in [6.45, 7) is 6.45. The van der Waals surface area contributed by atoms with Crippen LogP contribution in [-0.2, 0) is 9.53 Å². The van der Waals surface area contributed by atoms with Crippen molar-refractivity contribution in [2.75, 3.05) is 13.7 Å². The van der Waals surface area contributed by atoms with Crippen LogP contribution in [0, 0.1) is 12.3 Å². The van der Waals surface area contributed by atoms with Gasteiger partial charge in [-0.25, -0.2) is 0 Å². The first-order valence-corrected chi connectivity index (χ1v) is 6.23. The van der Waals surface area contributed by atoms with Crippen LogP contribution < -0.4 is 4.74 Å². The summed E-state index contributed by atoms with van der Waals surface area (Å²) in [4.78, 5) is 11.5. The highest BCUT2D eigenvalue weighted by atomic mass is 16.5. The summed E-state index contributed by atoms with van der Waals surface area (Å²) >= 11 is 0. The Hall–Kier alpha value is -1.51. The molecular weight excluding hydrogens is 228 g/mol. The zero-order chi connectivity index (χ0) is 13.6. The van der Waals surface area contributed by atoms with Gasteiger partial charge in [-0.2, -0.15) is 0 Å². The Morgan fingerprint density at radius 3 is 2.39 bits per heavy atom. The van der Waals surface area contributed by atoms with E-state index in [0.29, 0.717) is 6.61 Å². The summed E-state index contributed by atoms with van der Waals surface area (Å²) in [5.74, 6) is 0.703. The Morgan fingerprint density at radius 1 is 1.22 bits per heavy atom. The number of hydrogen-bond donors (Lipinski definition) is 0. The minimum atomic E-state index is -0.439. The molecule has 3 nitrogen and oxygen atoms in total. The van der Waals surface area contributed by atoms with Crippen molar-refractivity contribution in [1.82, 2.24) is 0 Å². The van der Waals surface area contributed by atoms with Crippen LogP contribution in [0.1, 0.15) is 32.3 Å². The van der Waals surface area contributed by atoms with Gasteiger partial charge in [0.1, 0.15) is 5.75 Å². The molecule has 18 heavy (non-hydrogen) atoms. The first-order chi connectivity index (χ1) is 8.45. The average Bonchev–Trinajstić information content (AvgIpc) is 2.35. The van der Waals surface area contributed by atoms with Crippen LogP contribution in [0.3, 0.4) is 0 Å². The second-order valence-electron chi connectivity index (χ2n) is 5.14. The van der Waals surface area contributed by atoms with Crippen molar-refractivity contribution in [3.05, 3.63) is 29.8 Å². The van der Waals surface area contributed by atoms with E-state index in [9.17, 15) is 4.79 Å². The molecule has 0 amide bonds. The lowest BCUT2D eigenvalue weighted by Crippen LogP contribution is -2.26. The molecule has 0 heterocycles. The lowest BCUT2D eigenvalue weighted by molar-refractivity contribution is -0.151. The van der Waals surface area contributed by atoms with Gasteiger partial charge in [0.05, 0.1) is 19.1 Å². The second-order valence-corrected chi connectivity index (χ2v) is 5.14. The van der Waals surface area contributed by atoms with Crippen molar-refractivity contribution in [3.63, 3.8) is 0 Å². The molecule has 0 aliphatic rings. The van der Waals surface area contributed by atoms with Gasteiger partial charge in [0, 0.05) is 0 Å². The Labute approximate surface area is 109 Å².